The van der Waals surface area contributed by atoms with E-state index >= 15 is 0 Å². The van der Waals surface area contributed by atoms with Crippen molar-refractivity contribution in [2.45, 2.75) is 46.2 Å². The first-order chi connectivity index (χ1) is 15.3. The molecule has 1 aromatic heterocycles. The lowest BCUT2D eigenvalue weighted by Crippen LogP contribution is -2.25. The summed E-state index contributed by atoms with van der Waals surface area (Å²) in [7, 11) is 0. The number of carbonyl (C=O) groups is 2. The zero-order valence-corrected chi connectivity index (χ0v) is 18.5. The fourth-order valence-corrected chi connectivity index (χ4v) is 3.53. The van der Waals surface area contributed by atoms with E-state index in [0.29, 0.717) is 28.9 Å². The molecule has 5 nitrogen and oxygen atoms in total. The maximum absolute atomic E-state index is 14.5. The molecule has 0 aliphatic heterocycles. The molecular weight excluding hydrogens is 405 g/mol. The van der Waals surface area contributed by atoms with Crippen molar-refractivity contribution in [1.29, 1.82) is 0 Å². The van der Waals surface area contributed by atoms with E-state index in [0.717, 1.165) is 29.5 Å². The molecule has 32 heavy (non-hydrogen) atoms. The Bertz CT molecular complexity index is 1180. The van der Waals surface area contributed by atoms with Gasteiger partial charge in [0.05, 0.1) is 11.3 Å². The summed E-state index contributed by atoms with van der Waals surface area (Å²) in [6.45, 7) is 6.11. The van der Waals surface area contributed by atoms with E-state index in [4.69, 9.17) is 0 Å². The third kappa shape index (κ3) is 4.85. The number of aromatic nitrogens is 1. The van der Waals surface area contributed by atoms with Gasteiger partial charge < -0.3 is 10.6 Å². The number of hydrogen-bond donors (Lipinski definition) is 2. The standard InChI is InChI=1S/C26H26FN3O2/c1-15-4-5-16(2)20(10-15)14-29-25(31)18-6-9-24(28-13-18)22-11-19(12-23(27)17(22)3)26(32)30-21-7-8-21/h4-6,9-13,21H,7-8,14H2,1-3H3,(H,29,31)(H,30,32). The van der Waals surface area contributed by atoms with E-state index in [-0.39, 0.29) is 23.4 Å². The molecule has 6 heteroatoms. The molecule has 2 aromatic carbocycles. The van der Waals surface area contributed by atoms with Crippen molar-refractivity contribution < 1.29 is 14.0 Å². The minimum absolute atomic E-state index is 0.190. The normalized spacial score (nSPS) is 13.0. The molecule has 0 atom stereocenters. The lowest BCUT2D eigenvalue weighted by atomic mass is 10.00. The highest BCUT2D eigenvalue weighted by Crippen LogP contribution is 2.27. The molecule has 1 heterocycles. The summed E-state index contributed by atoms with van der Waals surface area (Å²) in [4.78, 5) is 29.3. The van der Waals surface area contributed by atoms with Gasteiger partial charge in [0.2, 0.25) is 0 Å². The summed E-state index contributed by atoms with van der Waals surface area (Å²) in [5.74, 6) is -0.971. The lowest BCUT2D eigenvalue weighted by molar-refractivity contribution is 0.0942. The molecule has 0 radical (unpaired) electrons. The summed E-state index contributed by atoms with van der Waals surface area (Å²) < 4.78 is 14.5. The summed E-state index contributed by atoms with van der Waals surface area (Å²) in [5.41, 5.74) is 5.46. The van der Waals surface area contributed by atoms with Crippen LogP contribution in [0.1, 0.15) is 55.8 Å². The lowest BCUT2D eigenvalue weighted by Gasteiger charge is -2.12. The van der Waals surface area contributed by atoms with Gasteiger partial charge >= 0.3 is 0 Å². The molecule has 0 unspecified atom stereocenters. The Kier molecular flexibility index (Phi) is 6.04. The van der Waals surface area contributed by atoms with Crippen LogP contribution in [0.4, 0.5) is 4.39 Å². The predicted molar refractivity (Wildman–Crippen MR) is 122 cm³/mol. The molecule has 1 aliphatic carbocycles. The second-order valence-electron chi connectivity index (χ2n) is 8.42. The van der Waals surface area contributed by atoms with E-state index < -0.39 is 5.82 Å². The molecule has 3 aromatic rings. The number of nitrogens with one attached hydrogen (secondary N) is 2. The monoisotopic (exact) mass is 431 g/mol. The van der Waals surface area contributed by atoms with E-state index in [1.165, 1.54) is 12.3 Å². The van der Waals surface area contributed by atoms with E-state index in [2.05, 4.69) is 21.7 Å². The highest BCUT2D eigenvalue weighted by Gasteiger charge is 2.24. The molecule has 1 saturated carbocycles. The van der Waals surface area contributed by atoms with Gasteiger partial charge in [0, 0.05) is 29.9 Å². The van der Waals surface area contributed by atoms with Gasteiger partial charge in [-0.2, -0.15) is 0 Å². The maximum atomic E-state index is 14.5. The first kappa shape index (κ1) is 21.7. The first-order valence-electron chi connectivity index (χ1n) is 10.7. The average Bonchev–Trinajstić information content (AvgIpc) is 3.60. The number of aryl methyl sites for hydroxylation is 2. The Hall–Kier alpha value is -3.54. The van der Waals surface area contributed by atoms with Crippen LogP contribution < -0.4 is 10.6 Å². The van der Waals surface area contributed by atoms with E-state index in [1.807, 2.05) is 26.0 Å². The zero-order chi connectivity index (χ0) is 22.8. The number of halogens is 1. The second kappa shape index (κ2) is 8.91. The summed E-state index contributed by atoms with van der Waals surface area (Å²) in [6, 6.07) is 12.6. The third-order valence-corrected chi connectivity index (χ3v) is 5.76. The van der Waals surface area contributed by atoms with Crippen LogP contribution in [0.25, 0.3) is 11.3 Å². The second-order valence-corrected chi connectivity index (χ2v) is 8.42. The molecule has 4 rings (SSSR count). The van der Waals surface area contributed by atoms with Crippen LogP contribution in [0.2, 0.25) is 0 Å². The summed E-state index contributed by atoms with van der Waals surface area (Å²) >= 11 is 0. The Morgan fingerprint density at radius 3 is 2.47 bits per heavy atom. The molecule has 2 amide bonds. The first-order valence-corrected chi connectivity index (χ1v) is 10.7. The number of pyridine rings is 1. The van der Waals surface area contributed by atoms with Crippen molar-refractivity contribution in [1.82, 2.24) is 15.6 Å². The van der Waals surface area contributed by atoms with E-state index in [9.17, 15) is 14.0 Å². The number of hydrogen-bond acceptors (Lipinski definition) is 3. The van der Waals surface area contributed by atoms with Crippen molar-refractivity contribution in [3.05, 3.63) is 87.9 Å². The van der Waals surface area contributed by atoms with Crippen molar-refractivity contribution in [3.8, 4) is 11.3 Å². The zero-order valence-electron chi connectivity index (χ0n) is 18.5. The topological polar surface area (TPSA) is 71.1 Å². The summed E-state index contributed by atoms with van der Waals surface area (Å²) in [6.07, 6.45) is 3.39. The number of amides is 2. The highest BCUT2D eigenvalue weighted by atomic mass is 19.1. The number of carbonyl (C=O) groups excluding carboxylic acids is 2. The maximum Gasteiger partial charge on any atom is 0.253 e. The molecule has 1 aliphatic rings. The molecule has 0 bridgehead atoms. The van der Waals surface area contributed by atoms with Gasteiger partial charge in [-0.3, -0.25) is 14.6 Å². The minimum atomic E-state index is -0.458. The smallest absolute Gasteiger partial charge is 0.253 e. The van der Waals surface area contributed by atoms with Gasteiger partial charge in [0.15, 0.2) is 0 Å². The Morgan fingerprint density at radius 2 is 1.78 bits per heavy atom. The molecule has 0 saturated heterocycles. The van der Waals surface area contributed by atoms with Gasteiger partial charge in [-0.25, -0.2) is 4.39 Å². The molecular formula is C26H26FN3O2. The van der Waals surface area contributed by atoms with Crippen LogP contribution >= 0.6 is 0 Å². The van der Waals surface area contributed by atoms with Crippen LogP contribution in [0.5, 0.6) is 0 Å². The van der Waals surface area contributed by atoms with Crippen molar-refractivity contribution in [3.63, 3.8) is 0 Å². The van der Waals surface area contributed by atoms with E-state index in [1.54, 1.807) is 25.1 Å². The average molecular weight is 432 g/mol. The quantitative estimate of drug-likeness (QED) is 0.598. The van der Waals surface area contributed by atoms with Crippen LogP contribution in [0.3, 0.4) is 0 Å². The predicted octanol–water partition coefficient (Wildman–Crippen LogP) is 4.64. The largest absolute Gasteiger partial charge is 0.349 e. The molecule has 2 N–H and O–H groups in total. The highest BCUT2D eigenvalue weighted by molar-refractivity contribution is 5.96. The number of rotatable bonds is 6. The van der Waals surface area contributed by atoms with Crippen LogP contribution in [-0.2, 0) is 6.54 Å². The molecule has 0 spiro atoms. The molecule has 1 fully saturated rings. The van der Waals surface area contributed by atoms with Crippen LogP contribution in [-0.4, -0.2) is 22.8 Å². The van der Waals surface area contributed by atoms with Crippen molar-refractivity contribution >= 4 is 11.8 Å². The molecule has 164 valence electrons. The van der Waals surface area contributed by atoms with Gasteiger partial charge in [-0.15, -0.1) is 0 Å². The fraction of sp³-hybridized carbons (Fsp3) is 0.269. The van der Waals surface area contributed by atoms with Crippen molar-refractivity contribution in [2.24, 2.45) is 0 Å². The van der Waals surface area contributed by atoms with Gasteiger partial charge in [-0.05, 0) is 74.6 Å². The van der Waals surface area contributed by atoms with Gasteiger partial charge in [0.1, 0.15) is 5.82 Å². The Labute approximate surface area is 187 Å². The third-order valence-electron chi connectivity index (χ3n) is 5.76. The number of benzene rings is 2. The summed E-state index contributed by atoms with van der Waals surface area (Å²) in [5, 5.41) is 5.79. The van der Waals surface area contributed by atoms with Crippen molar-refractivity contribution in [2.75, 3.05) is 0 Å². The number of nitrogens with zero attached hydrogens (tertiary/aromatic N) is 1. The minimum Gasteiger partial charge on any atom is -0.349 e. The van der Waals surface area contributed by atoms with Gasteiger partial charge in [-0.1, -0.05) is 23.8 Å². The SMILES string of the molecule is Cc1ccc(C)c(CNC(=O)c2ccc(-c3cc(C(=O)NC4CC4)cc(F)c3C)nc2)c1. The van der Waals surface area contributed by atoms with Crippen LogP contribution in [0, 0.1) is 26.6 Å². The Morgan fingerprint density at radius 1 is 1.00 bits per heavy atom. The fourth-order valence-electron chi connectivity index (χ4n) is 3.53. The van der Waals surface area contributed by atoms with Crippen LogP contribution in [0.15, 0.2) is 48.7 Å². The van der Waals surface area contributed by atoms with Gasteiger partial charge in [0.25, 0.3) is 11.8 Å². The Balaban J connectivity index is 1.50.